The quantitative estimate of drug-likeness (QED) is 0.239. The van der Waals surface area contributed by atoms with Gasteiger partial charge in [0.1, 0.15) is 6.04 Å². The molecule has 3 unspecified atom stereocenters. The van der Waals surface area contributed by atoms with Crippen LogP contribution in [0.5, 0.6) is 0 Å². The standard InChI is InChI=1S/C35H42BrN3O4S/c1-6-17-37(18-7-2)32(41)27-28-33(42)39(26(21-40)24-15-10-9-11-16-24)31(35(28)20-25(36)30(27)44-35)34(43)38(19-8-3)29-22(4)13-12-14-23(29)5/h6,8-16,25-28,30-31,40H,1,3,7,17-21H2,2,4-5H3/t25?,26-,27+,28+,30+,31?,35?/m1/s1. The van der Waals surface area contributed by atoms with E-state index in [2.05, 4.69) is 29.1 Å². The van der Waals surface area contributed by atoms with Crippen LogP contribution in [0.1, 0.15) is 42.5 Å². The van der Waals surface area contributed by atoms with Gasteiger partial charge in [0.25, 0.3) is 5.91 Å². The number of amides is 3. The van der Waals surface area contributed by atoms with Crippen molar-refractivity contribution in [2.75, 3.05) is 31.1 Å². The molecule has 0 aliphatic carbocycles. The Hall–Kier alpha value is -2.88. The fraction of sp³-hybridized carbons (Fsp3) is 0.457. The van der Waals surface area contributed by atoms with Crippen LogP contribution in [0.4, 0.5) is 5.69 Å². The van der Waals surface area contributed by atoms with E-state index in [1.54, 1.807) is 38.6 Å². The molecule has 7 nitrogen and oxygen atoms in total. The Morgan fingerprint density at radius 3 is 2.34 bits per heavy atom. The molecule has 0 aromatic heterocycles. The molecule has 3 saturated heterocycles. The lowest BCUT2D eigenvalue weighted by atomic mass is 9.70. The number of carbonyl (C=O) groups excluding carboxylic acids is 3. The third kappa shape index (κ3) is 5.24. The van der Waals surface area contributed by atoms with Crippen molar-refractivity contribution < 1.29 is 19.5 Å². The fourth-order valence-corrected chi connectivity index (χ4v) is 11.3. The maximum Gasteiger partial charge on any atom is 0.251 e. The van der Waals surface area contributed by atoms with Gasteiger partial charge in [-0.2, -0.15) is 0 Å². The first-order chi connectivity index (χ1) is 21.2. The minimum atomic E-state index is -0.900. The molecule has 1 spiro atoms. The van der Waals surface area contributed by atoms with Gasteiger partial charge < -0.3 is 19.8 Å². The van der Waals surface area contributed by atoms with E-state index in [1.165, 1.54) is 0 Å². The summed E-state index contributed by atoms with van der Waals surface area (Å²) < 4.78 is -0.850. The number of aryl methyl sites for hydroxylation is 2. The number of likely N-dealkylation sites (tertiary alicyclic amines) is 1. The summed E-state index contributed by atoms with van der Waals surface area (Å²) in [5.41, 5.74) is 3.44. The summed E-state index contributed by atoms with van der Waals surface area (Å²) in [4.78, 5) is 49.4. The van der Waals surface area contributed by atoms with Crippen LogP contribution < -0.4 is 4.90 Å². The van der Waals surface area contributed by atoms with Crippen LogP contribution in [0.3, 0.4) is 0 Å². The van der Waals surface area contributed by atoms with Crippen LogP contribution in [-0.4, -0.2) is 79.7 Å². The van der Waals surface area contributed by atoms with E-state index < -0.39 is 28.7 Å². The number of halogens is 1. The number of aliphatic hydroxyl groups excluding tert-OH is 1. The van der Waals surface area contributed by atoms with Crippen molar-refractivity contribution in [1.29, 1.82) is 0 Å². The van der Waals surface area contributed by atoms with Crippen molar-refractivity contribution in [2.24, 2.45) is 11.8 Å². The first-order valence-electron chi connectivity index (χ1n) is 15.3. The molecule has 5 rings (SSSR count). The number of aliphatic hydroxyl groups is 1. The minimum Gasteiger partial charge on any atom is -0.394 e. The van der Waals surface area contributed by atoms with Gasteiger partial charge >= 0.3 is 0 Å². The number of hydrogen-bond donors (Lipinski definition) is 1. The van der Waals surface area contributed by atoms with Crippen LogP contribution in [-0.2, 0) is 14.4 Å². The second kappa shape index (κ2) is 13.2. The van der Waals surface area contributed by atoms with Crippen molar-refractivity contribution in [3.8, 4) is 0 Å². The molecule has 0 saturated carbocycles. The molecular formula is C35H42BrN3O4S. The number of benzene rings is 2. The Bertz CT molecular complexity index is 1420. The summed E-state index contributed by atoms with van der Waals surface area (Å²) >= 11 is 5.50. The highest BCUT2D eigenvalue weighted by molar-refractivity contribution is 9.09. The first kappa shape index (κ1) is 32.5. The average molecular weight is 681 g/mol. The van der Waals surface area contributed by atoms with E-state index in [0.29, 0.717) is 19.5 Å². The predicted octanol–water partition coefficient (Wildman–Crippen LogP) is 5.45. The molecule has 1 N–H and O–H groups in total. The molecule has 2 aromatic carbocycles. The molecule has 9 heteroatoms. The molecule has 2 bridgehead atoms. The monoisotopic (exact) mass is 679 g/mol. The topological polar surface area (TPSA) is 81.2 Å². The Balaban J connectivity index is 1.69. The minimum absolute atomic E-state index is 0.0506. The number of nitrogens with zero attached hydrogens (tertiary/aromatic N) is 3. The fourth-order valence-electron chi connectivity index (χ4n) is 7.72. The molecule has 2 aromatic rings. The van der Waals surface area contributed by atoms with E-state index in [-0.39, 0.29) is 41.0 Å². The predicted molar refractivity (Wildman–Crippen MR) is 181 cm³/mol. The van der Waals surface area contributed by atoms with Crippen LogP contribution in [0.25, 0.3) is 0 Å². The van der Waals surface area contributed by atoms with Crippen molar-refractivity contribution in [2.45, 2.75) is 60.5 Å². The summed E-state index contributed by atoms with van der Waals surface area (Å²) in [6.07, 6.45) is 4.77. The Kier molecular flexibility index (Phi) is 9.78. The Morgan fingerprint density at radius 1 is 1.09 bits per heavy atom. The van der Waals surface area contributed by atoms with Crippen LogP contribution in [0, 0.1) is 25.7 Å². The first-order valence-corrected chi connectivity index (χ1v) is 17.1. The average Bonchev–Trinajstić information content (AvgIpc) is 3.60. The normalized spacial score (nSPS) is 27.6. The van der Waals surface area contributed by atoms with Crippen molar-refractivity contribution in [3.05, 3.63) is 90.5 Å². The van der Waals surface area contributed by atoms with E-state index in [1.807, 2.05) is 69.3 Å². The molecule has 3 amide bonds. The number of hydrogen-bond acceptors (Lipinski definition) is 5. The summed E-state index contributed by atoms with van der Waals surface area (Å²) in [6.45, 7) is 14.7. The summed E-state index contributed by atoms with van der Waals surface area (Å²) in [5, 5.41) is 10.7. The highest BCUT2D eigenvalue weighted by Gasteiger charge is 2.76. The van der Waals surface area contributed by atoms with Gasteiger partial charge in [-0.15, -0.1) is 24.9 Å². The molecule has 3 aliphatic heterocycles. The van der Waals surface area contributed by atoms with Crippen molar-refractivity contribution in [1.82, 2.24) is 9.80 Å². The van der Waals surface area contributed by atoms with Crippen LogP contribution in [0.15, 0.2) is 73.8 Å². The lowest BCUT2D eigenvalue weighted by Gasteiger charge is -2.40. The van der Waals surface area contributed by atoms with Gasteiger partial charge in [0.2, 0.25) is 11.8 Å². The van der Waals surface area contributed by atoms with E-state index in [4.69, 9.17) is 0 Å². The van der Waals surface area contributed by atoms with Gasteiger partial charge in [0.05, 0.1) is 29.2 Å². The number of thioether (sulfide) groups is 1. The van der Waals surface area contributed by atoms with Crippen molar-refractivity contribution >= 4 is 51.1 Å². The highest BCUT2D eigenvalue weighted by atomic mass is 79.9. The molecule has 3 heterocycles. The number of carbonyl (C=O) groups is 3. The van der Waals surface area contributed by atoms with Gasteiger partial charge in [-0.05, 0) is 43.4 Å². The van der Waals surface area contributed by atoms with Gasteiger partial charge in [-0.1, -0.05) is 83.5 Å². The van der Waals surface area contributed by atoms with Crippen LogP contribution >= 0.6 is 27.7 Å². The summed E-state index contributed by atoms with van der Waals surface area (Å²) in [5.74, 6) is -1.82. The number of fused-ring (bicyclic) bond motifs is 1. The SMILES string of the molecule is C=CCN(CCC)C(=O)[C@H]1[C@H]2C(=O)N([C@H](CO)c3ccccc3)C(C(=O)N(CC=C)c3c(C)cccc3C)C23CC(Br)[C@@H]1S3. The molecule has 7 atom stereocenters. The summed E-state index contributed by atoms with van der Waals surface area (Å²) in [7, 11) is 0. The third-order valence-electron chi connectivity index (χ3n) is 9.38. The van der Waals surface area contributed by atoms with E-state index in [0.717, 1.165) is 28.8 Å². The second-order valence-corrected chi connectivity index (χ2v) is 14.8. The number of rotatable bonds is 12. The molecule has 3 aliphatic rings. The Morgan fingerprint density at radius 2 is 1.75 bits per heavy atom. The third-order valence-corrected chi connectivity index (χ3v) is 12.6. The van der Waals surface area contributed by atoms with E-state index >= 15 is 4.79 Å². The van der Waals surface area contributed by atoms with Crippen molar-refractivity contribution in [3.63, 3.8) is 0 Å². The molecule has 0 radical (unpaired) electrons. The zero-order valence-corrected chi connectivity index (χ0v) is 28.1. The maximum atomic E-state index is 15.2. The molecule has 44 heavy (non-hydrogen) atoms. The molecular weight excluding hydrogens is 638 g/mol. The Labute approximate surface area is 273 Å². The number of para-hydroxylation sites is 1. The van der Waals surface area contributed by atoms with Gasteiger partial charge in [0, 0.05) is 35.4 Å². The number of alkyl halides is 1. The van der Waals surface area contributed by atoms with Gasteiger partial charge in [0.15, 0.2) is 0 Å². The van der Waals surface area contributed by atoms with Crippen LogP contribution in [0.2, 0.25) is 0 Å². The molecule has 234 valence electrons. The zero-order valence-electron chi connectivity index (χ0n) is 25.7. The van der Waals surface area contributed by atoms with Gasteiger partial charge in [-0.25, -0.2) is 0 Å². The summed E-state index contributed by atoms with van der Waals surface area (Å²) in [6, 6.07) is 13.7. The smallest absolute Gasteiger partial charge is 0.251 e. The second-order valence-electron chi connectivity index (χ2n) is 12.1. The lowest BCUT2D eigenvalue weighted by molar-refractivity contribution is -0.145. The van der Waals surface area contributed by atoms with Gasteiger partial charge in [-0.3, -0.25) is 14.4 Å². The highest BCUT2D eigenvalue weighted by Crippen LogP contribution is 2.69. The maximum absolute atomic E-state index is 15.2. The zero-order chi connectivity index (χ0) is 31.8. The molecule has 3 fully saturated rings. The van der Waals surface area contributed by atoms with E-state index in [9.17, 15) is 14.7 Å². The largest absolute Gasteiger partial charge is 0.394 e. The lowest BCUT2D eigenvalue weighted by Crippen LogP contribution is -2.57. The number of anilines is 1.